The molecule has 230 valence electrons. The Balaban J connectivity index is 1.29. The van der Waals surface area contributed by atoms with Crippen molar-refractivity contribution in [3.63, 3.8) is 0 Å². The quantitative estimate of drug-likeness (QED) is 0.177. The number of para-hydroxylation sites is 3. The molecule has 0 aliphatic carbocycles. The zero-order chi connectivity index (χ0) is 33.8. The van der Waals surface area contributed by atoms with Crippen LogP contribution in [0.1, 0.15) is 5.56 Å². The maximum absolute atomic E-state index is 9.65. The number of nitrogens with zero attached hydrogens (tertiary/aromatic N) is 5. The fraction of sp³-hybridized carbons (Fsp3) is 0. The molecule has 0 bridgehead atoms. The van der Waals surface area contributed by atoms with Gasteiger partial charge >= 0.3 is 0 Å². The maximum Gasteiger partial charge on any atom is 0.197 e. The number of fused-ring (bicyclic) bond motifs is 6. The second-order valence-corrected chi connectivity index (χ2v) is 12.2. The molecule has 0 unspecified atom stereocenters. The number of nitriles is 1. The predicted octanol–water partition coefficient (Wildman–Crippen LogP) is 12.2. The molecular weight excluding hydrogens is 611 g/mol. The number of hydrogen-bond acceptors (Lipinski definition) is 1. The van der Waals surface area contributed by atoms with E-state index in [9.17, 15) is 5.26 Å². The predicted molar refractivity (Wildman–Crippen MR) is 203 cm³/mol. The van der Waals surface area contributed by atoms with Gasteiger partial charge in [-0.1, -0.05) is 91.0 Å². The molecule has 0 saturated carbocycles. The van der Waals surface area contributed by atoms with E-state index in [1.54, 1.807) is 0 Å². The highest BCUT2D eigenvalue weighted by molar-refractivity contribution is 6.15. The summed E-state index contributed by atoms with van der Waals surface area (Å²) in [6.07, 6.45) is 0. The van der Waals surface area contributed by atoms with Crippen LogP contribution in [-0.4, -0.2) is 9.13 Å². The lowest BCUT2D eigenvalue weighted by molar-refractivity contribution is 1.18. The van der Waals surface area contributed by atoms with Gasteiger partial charge in [0.1, 0.15) is 0 Å². The Hall–Kier alpha value is -7.39. The lowest BCUT2D eigenvalue weighted by Crippen LogP contribution is -1.98. The van der Waals surface area contributed by atoms with Crippen LogP contribution in [-0.2, 0) is 0 Å². The summed E-state index contributed by atoms with van der Waals surface area (Å²) in [7, 11) is 0. The summed E-state index contributed by atoms with van der Waals surface area (Å²) in [4.78, 5) is 7.80. The van der Waals surface area contributed by atoms with Crippen molar-refractivity contribution in [2.24, 2.45) is 0 Å². The second kappa shape index (κ2) is 11.4. The van der Waals surface area contributed by atoms with Crippen LogP contribution in [0.4, 0.5) is 11.4 Å². The summed E-state index contributed by atoms with van der Waals surface area (Å²) in [6.45, 7) is 16.0. The third-order valence-corrected chi connectivity index (χ3v) is 9.56. The van der Waals surface area contributed by atoms with Gasteiger partial charge in [0.2, 0.25) is 0 Å². The van der Waals surface area contributed by atoms with Crippen molar-refractivity contribution >= 4 is 55.0 Å². The average molecular weight is 636 g/mol. The Bertz CT molecular complexity index is 2970. The number of hydrogen-bond donors (Lipinski definition) is 0. The van der Waals surface area contributed by atoms with Gasteiger partial charge in [-0.05, 0) is 82.7 Å². The van der Waals surface area contributed by atoms with E-state index in [4.69, 9.17) is 13.1 Å². The van der Waals surface area contributed by atoms with Crippen molar-refractivity contribution < 1.29 is 0 Å². The van der Waals surface area contributed by atoms with E-state index in [2.05, 4.69) is 104 Å². The first-order chi connectivity index (χ1) is 24.7. The Morgan fingerprint density at radius 1 is 0.500 bits per heavy atom. The summed E-state index contributed by atoms with van der Waals surface area (Å²) in [5.41, 5.74) is 11.7. The van der Waals surface area contributed by atoms with Gasteiger partial charge in [0.25, 0.3) is 0 Å². The van der Waals surface area contributed by atoms with Crippen LogP contribution in [0, 0.1) is 24.5 Å². The first-order valence-corrected chi connectivity index (χ1v) is 16.2. The van der Waals surface area contributed by atoms with E-state index in [0.717, 1.165) is 77.2 Å². The molecule has 7 aromatic carbocycles. The SMILES string of the molecule is [C-]#[N+]c1cc(-c2ccccc2-c2ccccc2-n2c3ccccc3c3c([N+]#[C-])cccc32)cc(-n2c3ccccc3c3cc(C#N)ccc32)c1. The van der Waals surface area contributed by atoms with E-state index in [1.165, 1.54) is 0 Å². The van der Waals surface area contributed by atoms with Gasteiger partial charge in [0.05, 0.1) is 47.0 Å². The Morgan fingerprint density at radius 3 is 1.94 bits per heavy atom. The largest absolute Gasteiger partial charge is 0.310 e. The van der Waals surface area contributed by atoms with Gasteiger partial charge in [-0.2, -0.15) is 5.26 Å². The van der Waals surface area contributed by atoms with Gasteiger partial charge in [-0.3, -0.25) is 0 Å². The van der Waals surface area contributed by atoms with Crippen molar-refractivity contribution in [1.29, 1.82) is 5.26 Å². The summed E-state index contributed by atoms with van der Waals surface area (Å²) in [5, 5.41) is 13.7. The van der Waals surface area contributed by atoms with Crippen molar-refractivity contribution in [3.8, 4) is 39.7 Å². The lowest BCUT2D eigenvalue weighted by Gasteiger charge is -2.18. The van der Waals surface area contributed by atoms with Crippen molar-refractivity contribution in [2.75, 3.05) is 0 Å². The molecule has 0 fully saturated rings. The van der Waals surface area contributed by atoms with Crippen LogP contribution < -0.4 is 0 Å². The Kier molecular flexibility index (Phi) is 6.56. The molecule has 2 aromatic heterocycles. The molecule has 5 heteroatoms. The van der Waals surface area contributed by atoms with Gasteiger partial charge in [-0.25, -0.2) is 9.69 Å². The van der Waals surface area contributed by atoms with E-state index in [1.807, 2.05) is 72.8 Å². The van der Waals surface area contributed by atoms with Gasteiger partial charge in [0, 0.05) is 32.9 Å². The minimum absolute atomic E-state index is 0.536. The van der Waals surface area contributed by atoms with E-state index < -0.39 is 0 Å². The smallest absolute Gasteiger partial charge is 0.197 e. The molecule has 5 nitrogen and oxygen atoms in total. The second-order valence-electron chi connectivity index (χ2n) is 12.2. The van der Waals surface area contributed by atoms with E-state index in [0.29, 0.717) is 16.9 Å². The topological polar surface area (TPSA) is 42.4 Å². The molecule has 0 N–H and O–H groups in total. The molecule has 0 spiro atoms. The molecule has 9 aromatic rings. The van der Waals surface area contributed by atoms with Crippen LogP contribution >= 0.6 is 0 Å². The highest BCUT2D eigenvalue weighted by Crippen LogP contribution is 2.43. The van der Waals surface area contributed by atoms with Crippen LogP contribution in [0.2, 0.25) is 0 Å². The number of rotatable bonds is 4. The van der Waals surface area contributed by atoms with Crippen LogP contribution in [0.25, 0.3) is 86.9 Å². The first-order valence-electron chi connectivity index (χ1n) is 16.2. The van der Waals surface area contributed by atoms with Crippen molar-refractivity contribution in [1.82, 2.24) is 9.13 Å². The van der Waals surface area contributed by atoms with Crippen LogP contribution in [0.5, 0.6) is 0 Å². The standard InChI is InChI=1S/C45H25N5/c1-47-31-25-30(26-32(27-31)49-40-18-8-6-15-36(40)38-24-29(28-46)22-23-43(38)49)33-12-3-4-13-34(33)35-14-5-9-19-41(35)50-42-20-10-7-16-37(42)45-39(48-2)17-11-21-44(45)50/h3-27H. The monoisotopic (exact) mass is 635 g/mol. The highest BCUT2D eigenvalue weighted by Gasteiger charge is 2.20. The van der Waals surface area contributed by atoms with E-state index >= 15 is 0 Å². The molecule has 0 saturated heterocycles. The zero-order valence-electron chi connectivity index (χ0n) is 26.7. The normalized spacial score (nSPS) is 11.1. The Morgan fingerprint density at radius 2 is 1.16 bits per heavy atom. The molecule has 0 aliphatic rings. The fourth-order valence-electron chi connectivity index (χ4n) is 7.48. The van der Waals surface area contributed by atoms with Crippen LogP contribution in [0.3, 0.4) is 0 Å². The van der Waals surface area contributed by atoms with Gasteiger partial charge in [0.15, 0.2) is 11.4 Å². The van der Waals surface area contributed by atoms with Crippen molar-refractivity contribution in [2.45, 2.75) is 0 Å². The lowest BCUT2D eigenvalue weighted by atomic mass is 9.93. The zero-order valence-corrected chi connectivity index (χ0v) is 26.7. The Labute approximate surface area is 288 Å². The minimum atomic E-state index is 0.536. The first kappa shape index (κ1) is 28.8. The average Bonchev–Trinajstić information content (AvgIpc) is 3.70. The molecule has 0 aliphatic heterocycles. The third kappa shape index (κ3) is 4.31. The summed E-state index contributed by atoms with van der Waals surface area (Å²) < 4.78 is 4.45. The van der Waals surface area contributed by atoms with Crippen molar-refractivity contribution in [3.05, 3.63) is 180 Å². The number of aromatic nitrogens is 2. The fourth-order valence-corrected chi connectivity index (χ4v) is 7.48. The molecule has 2 heterocycles. The summed E-state index contributed by atoms with van der Waals surface area (Å²) in [5.74, 6) is 0. The molecule has 0 radical (unpaired) electrons. The molecule has 50 heavy (non-hydrogen) atoms. The van der Waals surface area contributed by atoms with E-state index in [-0.39, 0.29) is 0 Å². The number of benzene rings is 7. The third-order valence-electron chi connectivity index (χ3n) is 9.56. The maximum atomic E-state index is 9.65. The summed E-state index contributed by atoms with van der Waals surface area (Å²) >= 11 is 0. The highest BCUT2D eigenvalue weighted by atomic mass is 15.0. The summed E-state index contributed by atoms with van der Waals surface area (Å²) in [6, 6.07) is 53.2. The molecular formula is C45H25N5. The molecule has 9 rings (SSSR count). The molecule has 0 atom stereocenters. The van der Waals surface area contributed by atoms with Gasteiger partial charge < -0.3 is 9.13 Å². The van der Waals surface area contributed by atoms with Gasteiger partial charge in [-0.15, -0.1) is 0 Å². The minimum Gasteiger partial charge on any atom is -0.310 e. The molecule has 0 amide bonds. The van der Waals surface area contributed by atoms with Crippen LogP contribution in [0.15, 0.2) is 152 Å².